The predicted molar refractivity (Wildman–Crippen MR) is 157 cm³/mol. The molecule has 0 amide bonds. The van der Waals surface area contributed by atoms with Gasteiger partial charge in [-0.1, -0.05) is 54.6 Å². The molecule has 40 heavy (non-hydrogen) atoms. The van der Waals surface area contributed by atoms with Crippen molar-refractivity contribution in [1.82, 2.24) is 14.3 Å². The van der Waals surface area contributed by atoms with Crippen LogP contribution in [0.4, 0.5) is 0 Å². The lowest BCUT2D eigenvalue weighted by molar-refractivity contribution is 0.0597. The smallest absolute Gasteiger partial charge is 0.352 e. The highest BCUT2D eigenvalue weighted by Gasteiger charge is 2.28. The monoisotopic (exact) mass is 537 g/mol. The molecule has 1 unspecified atom stereocenters. The number of carboxylic acid groups (broad SMARTS) is 1. The van der Waals surface area contributed by atoms with Gasteiger partial charge in [-0.15, -0.1) is 0 Å². The van der Waals surface area contributed by atoms with Crippen LogP contribution in [-0.4, -0.2) is 38.6 Å². The lowest BCUT2D eigenvalue weighted by atomic mass is 9.97. The summed E-state index contributed by atoms with van der Waals surface area (Å²) < 4.78 is 16.3. The number of carbonyl (C=O) groups is 1. The summed E-state index contributed by atoms with van der Waals surface area (Å²) in [6.07, 6.45) is 2.84. The molecule has 3 heterocycles. The van der Waals surface area contributed by atoms with Crippen LogP contribution in [0.2, 0.25) is 0 Å². The second-order valence-corrected chi connectivity index (χ2v) is 10.6. The van der Waals surface area contributed by atoms with E-state index >= 15 is 0 Å². The van der Waals surface area contributed by atoms with E-state index in [1.165, 1.54) is 0 Å². The van der Waals surface area contributed by atoms with E-state index in [0.29, 0.717) is 38.3 Å². The average molecular weight is 538 g/mol. The summed E-state index contributed by atoms with van der Waals surface area (Å²) in [4.78, 5) is 12.8. The molecule has 3 aromatic carbocycles. The summed E-state index contributed by atoms with van der Waals surface area (Å²) in [7, 11) is 1.95. The molecule has 1 N–H and O–H groups in total. The Hall–Kier alpha value is -4.10. The second-order valence-electron chi connectivity index (χ2n) is 10.6. The lowest BCUT2D eigenvalue weighted by Crippen LogP contribution is -2.12. The van der Waals surface area contributed by atoms with Crippen molar-refractivity contribution in [3.05, 3.63) is 83.3 Å². The minimum atomic E-state index is -0.894. The zero-order valence-electron chi connectivity index (χ0n) is 23.3. The van der Waals surface area contributed by atoms with Crippen molar-refractivity contribution >= 4 is 27.6 Å². The number of nitrogens with zero attached hydrogens (tertiary/aromatic N) is 3. The number of aromatic nitrogens is 3. The van der Waals surface area contributed by atoms with Crippen molar-refractivity contribution in [2.45, 2.75) is 52.2 Å². The zero-order chi connectivity index (χ0) is 27.8. The molecule has 6 rings (SSSR count). The summed E-state index contributed by atoms with van der Waals surface area (Å²) in [6, 6.07) is 20.4. The van der Waals surface area contributed by atoms with Crippen LogP contribution in [0, 0.1) is 6.92 Å². The molecular formula is C33H35N3O4. The van der Waals surface area contributed by atoms with Crippen LogP contribution in [-0.2, 0) is 24.8 Å². The number of benzene rings is 3. The number of hydrogen-bond donors (Lipinski definition) is 1. The maximum Gasteiger partial charge on any atom is 0.352 e. The van der Waals surface area contributed by atoms with Crippen molar-refractivity contribution in [1.29, 1.82) is 0 Å². The molecule has 0 radical (unpaired) electrons. The Morgan fingerprint density at radius 2 is 1.85 bits per heavy atom. The van der Waals surface area contributed by atoms with E-state index in [1.807, 2.05) is 53.6 Å². The van der Waals surface area contributed by atoms with E-state index < -0.39 is 5.97 Å². The number of fused-ring (bicyclic) bond motifs is 3. The Balaban J connectivity index is 1.41. The van der Waals surface area contributed by atoms with E-state index in [4.69, 9.17) is 14.6 Å². The van der Waals surface area contributed by atoms with Crippen LogP contribution in [0.5, 0.6) is 5.75 Å². The number of carboxylic acids is 1. The van der Waals surface area contributed by atoms with E-state index in [-0.39, 0.29) is 6.10 Å². The first kappa shape index (κ1) is 26.1. The number of hydrogen-bond acceptors (Lipinski definition) is 4. The highest BCUT2D eigenvalue weighted by atomic mass is 16.5. The molecule has 0 saturated carbocycles. The molecule has 0 spiro atoms. The number of rotatable bonds is 6. The Kier molecular flexibility index (Phi) is 7.07. The van der Waals surface area contributed by atoms with Gasteiger partial charge in [-0.3, -0.25) is 4.68 Å². The molecular weight excluding hydrogens is 502 g/mol. The van der Waals surface area contributed by atoms with Crippen LogP contribution < -0.4 is 4.74 Å². The van der Waals surface area contributed by atoms with E-state index in [1.54, 1.807) is 0 Å². The molecule has 5 aromatic rings. The highest BCUT2D eigenvalue weighted by Crippen LogP contribution is 2.40. The summed E-state index contributed by atoms with van der Waals surface area (Å²) in [5.74, 6) is -0.0404. The number of para-hydroxylation sites is 1. The fraction of sp³-hybridized carbons (Fsp3) is 0.333. The predicted octanol–water partition coefficient (Wildman–Crippen LogP) is 7.08. The number of aromatic carboxylic acids is 1. The molecule has 206 valence electrons. The Bertz CT molecular complexity index is 1710. The Morgan fingerprint density at radius 1 is 1.07 bits per heavy atom. The van der Waals surface area contributed by atoms with Crippen molar-refractivity contribution < 1.29 is 19.4 Å². The van der Waals surface area contributed by atoms with Crippen molar-refractivity contribution in [2.75, 3.05) is 13.2 Å². The highest BCUT2D eigenvalue weighted by molar-refractivity contribution is 6.04. The van der Waals surface area contributed by atoms with Gasteiger partial charge in [0.05, 0.1) is 23.9 Å². The van der Waals surface area contributed by atoms with Gasteiger partial charge in [-0.05, 0) is 56.5 Å². The van der Waals surface area contributed by atoms with E-state index in [2.05, 4.69) is 37.3 Å². The van der Waals surface area contributed by atoms with Crippen LogP contribution >= 0.6 is 0 Å². The molecule has 0 bridgehead atoms. The average Bonchev–Trinajstić information content (AvgIpc) is 3.43. The van der Waals surface area contributed by atoms with E-state index in [9.17, 15) is 9.90 Å². The summed E-state index contributed by atoms with van der Waals surface area (Å²) in [6.45, 7) is 5.84. The summed E-state index contributed by atoms with van der Waals surface area (Å²) in [5.41, 5.74) is 6.19. The SMILES string of the molecule is Cc1c2c(nn1C)C(C)OCCCCn1c(C(=O)O)c(CCCOc3cccc4ccccc34)c3cccc-2c31. The first-order chi connectivity index (χ1) is 19.5. The number of aryl methyl sites for hydroxylation is 3. The topological polar surface area (TPSA) is 78.5 Å². The summed E-state index contributed by atoms with van der Waals surface area (Å²) >= 11 is 0. The van der Waals surface area contributed by atoms with Crippen molar-refractivity contribution in [3.63, 3.8) is 0 Å². The maximum atomic E-state index is 12.8. The molecule has 1 atom stereocenters. The minimum Gasteiger partial charge on any atom is -0.493 e. The zero-order valence-corrected chi connectivity index (χ0v) is 23.3. The normalized spacial score (nSPS) is 15.6. The number of ether oxygens (including phenoxy) is 2. The molecule has 1 aliphatic rings. The standard InChI is InChI=1S/C33H35N3O4/c1-21-29-27-15-9-14-25-26(16-10-20-40-28-17-8-12-23-11-4-5-13-24(23)28)32(33(37)38)36(31(25)27)18-6-7-19-39-22(2)30(29)34-35(21)3/h4-5,8-9,11-15,17,22H,6-7,10,16,18-20H2,1-3H3,(H,37,38). The molecule has 1 aliphatic heterocycles. The van der Waals surface area contributed by atoms with E-state index in [0.717, 1.165) is 68.3 Å². The molecule has 7 heteroatoms. The minimum absolute atomic E-state index is 0.156. The van der Waals surface area contributed by atoms with Crippen molar-refractivity contribution in [3.8, 4) is 16.9 Å². The van der Waals surface area contributed by atoms with Crippen LogP contribution in [0.15, 0.2) is 60.7 Å². The van der Waals surface area contributed by atoms with Crippen LogP contribution in [0.25, 0.3) is 32.8 Å². The van der Waals surface area contributed by atoms with Crippen LogP contribution in [0.1, 0.15) is 59.7 Å². The molecule has 7 nitrogen and oxygen atoms in total. The third-order valence-electron chi connectivity index (χ3n) is 8.13. The first-order valence-corrected chi connectivity index (χ1v) is 14.1. The quantitative estimate of drug-likeness (QED) is 0.234. The molecule has 0 saturated heterocycles. The largest absolute Gasteiger partial charge is 0.493 e. The first-order valence-electron chi connectivity index (χ1n) is 14.1. The maximum absolute atomic E-state index is 12.8. The van der Waals surface area contributed by atoms with Gasteiger partial charge in [0.1, 0.15) is 11.4 Å². The van der Waals surface area contributed by atoms with Crippen molar-refractivity contribution in [2.24, 2.45) is 7.05 Å². The van der Waals surface area contributed by atoms with Gasteiger partial charge in [-0.25, -0.2) is 4.79 Å². The van der Waals surface area contributed by atoms with Gasteiger partial charge in [0, 0.05) is 47.8 Å². The second kappa shape index (κ2) is 10.8. The molecule has 0 aliphatic carbocycles. The van der Waals surface area contributed by atoms with Gasteiger partial charge in [0.25, 0.3) is 0 Å². The van der Waals surface area contributed by atoms with Gasteiger partial charge < -0.3 is 19.1 Å². The fourth-order valence-corrected chi connectivity index (χ4v) is 6.12. The third-order valence-corrected chi connectivity index (χ3v) is 8.13. The third kappa shape index (κ3) is 4.54. The lowest BCUT2D eigenvalue weighted by Gasteiger charge is -2.13. The van der Waals surface area contributed by atoms with Crippen LogP contribution in [0.3, 0.4) is 0 Å². The molecule has 2 aromatic heterocycles. The van der Waals surface area contributed by atoms with Gasteiger partial charge in [0.15, 0.2) is 0 Å². The van der Waals surface area contributed by atoms with Gasteiger partial charge in [0.2, 0.25) is 0 Å². The Morgan fingerprint density at radius 3 is 2.70 bits per heavy atom. The van der Waals surface area contributed by atoms with Gasteiger partial charge in [-0.2, -0.15) is 5.10 Å². The van der Waals surface area contributed by atoms with Gasteiger partial charge >= 0.3 is 5.97 Å². The molecule has 0 fully saturated rings. The summed E-state index contributed by atoms with van der Waals surface area (Å²) in [5, 5.41) is 18.5. The fourth-order valence-electron chi connectivity index (χ4n) is 6.12. The Labute approximate surface area is 233 Å².